The van der Waals surface area contributed by atoms with E-state index in [1.807, 2.05) is 38.2 Å². The highest BCUT2D eigenvalue weighted by Gasteiger charge is 2.45. The lowest BCUT2D eigenvalue weighted by atomic mass is 9.81. The summed E-state index contributed by atoms with van der Waals surface area (Å²) in [6, 6.07) is 11.4. The lowest BCUT2D eigenvalue weighted by molar-refractivity contribution is -0.438. The van der Waals surface area contributed by atoms with Crippen molar-refractivity contribution in [3.05, 3.63) is 113 Å². The summed E-state index contributed by atoms with van der Waals surface area (Å²) in [6.07, 6.45) is 17.5. The average molecular weight is 734 g/mol. The van der Waals surface area contributed by atoms with Crippen molar-refractivity contribution < 1.29 is 30.8 Å². The highest BCUT2D eigenvalue weighted by Crippen LogP contribution is 2.48. The first kappa shape index (κ1) is 39.9. The van der Waals surface area contributed by atoms with Gasteiger partial charge in [0.2, 0.25) is 5.69 Å². The summed E-state index contributed by atoms with van der Waals surface area (Å²) in [5.41, 5.74) is 7.19. The minimum absolute atomic E-state index is 0.0571. The number of fused-ring (bicyclic) bond motifs is 2. The third-order valence-electron chi connectivity index (χ3n) is 9.95. The Morgan fingerprint density at radius 3 is 2.24 bits per heavy atom. The van der Waals surface area contributed by atoms with Crippen LogP contribution in [0, 0.1) is 6.92 Å². The summed E-state index contributed by atoms with van der Waals surface area (Å²) in [5.74, 6) is -0.00604. The molecule has 2 aromatic carbocycles. The van der Waals surface area contributed by atoms with Crippen molar-refractivity contribution in [1.82, 2.24) is 0 Å². The second-order valence-corrected chi connectivity index (χ2v) is 17.9. The summed E-state index contributed by atoms with van der Waals surface area (Å²) in [7, 11) is -7.66. The molecule has 2 aromatic rings. The molecule has 8 nitrogen and oxygen atoms in total. The molecule has 0 bridgehead atoms. The van der Waals surface area contributed by atoms with Gasteiger partial charge in [0.05, 0.1) is 16.1 Å². The first-order chi connectivity index (χ1) is 23.9. The van der Waals surface area contributed by atoms with Crippen LogP contribution in [0.3, 0.4) is 0 Å². The minimum Gasteiger partial charge on any atom is -0.344 e. The SMILES string of the molecule is C=CS(=O)(=O)CCCC(=O)CCCCC[N+]1=C(C=CC=CC=CC=C2N(CC)c3ccc(C)cc3C2(C)C)C(C)(C)c2cc(S(=O)(=O)O)ccc21. The molecule has 4 rings (SSSR count). The Hall–Kier alpha value is -3.86. The number of benzene rings is 2. The molecular formula is C41H53N2O6S2+. The smallest absolute Gasteiger partial charge is 0.294 e. The Kier molecular flexibility index (Phi) is 12.7. The molecule has 2 heterocycles. The molecule has 1 N–H and O–H groups in total. The van der Waals surface area contributed by atoms with Crippen molar-refractivity contribution in [2.24, 2.45) is 0 Å². The number of carbonyl (C=O) groups is 1. The van der Waals surface area contributed by atoms with Crippen LogP contribution in [0.5, 0.6) is 0 Å². The van der Waals surface area contributed by atoms with Gasteiger partial charge in [0, 0.05) is 65.7 Å². The number of allylic oxidation sites excluding steroid dienone is 8. The van der Waals surface area contributed by atoms with Gasteiger partial charge >= 0.3 is 0 Å². The summed E-state index contributed by atoms with van der Waals surface area (Å²) in [4.78, 5) is 14.6. The van der Waals surface area contributed by atoms with Crippen LogP contribution in [-0.4, -0.2) is 56.3 Å². The molecule has 10 heteroatoms. The quantitative estimate of drug-likeness (QED) is 0.0752. The lowest BCUT2D eigenvalue weighted by Gasteiger charge is -2.25. The third kappa shape index (κ3) is 9.33. The Morgan fingerprint density at radius 1 is 0.863 bits per heavy atom. The highest BCUT2D eigenvalue weighted by molar-refractivity contribution is 7.94. The van der Waals surface area contributed by atoms with E-state index in [0.29, 0.717) is 25.8 Å². The Balaban J connectivity index is 1.47. The molecule has 274 valence electrons. The van der Waals surface area contributed by atoms with Gasteiger partial charge in [0.25, 0.3) is 10.1 Å². The zero-order valence-electron chi connectivity index (χ0n) is 30.9. The number of sulfone groups is 1. The van der Waals surface area contributed by atoms with Crippen LogP contribution in [0.2, 0.25) is 0 Å². The third-order valence-corrected chi connectivity index (χ3v) is 12.2. The van der Waals surface area contributed by atoms with Gasteiger partial charge in [-0.2, -0.15) is 13.0 Å². The maximum absolute atomic E-state index is 12.3. The molecule has 0 saturated heterocycles. The van der Waals surface area contributed by atoms with Gasteiger partial charge in [0.1, 0.15) is 12.3 Å². The van der Waals surface area contributed by atoms with Gasteiger partial charge in [-0.3, -0.25) is 9.35 Å². The minimum atomic E-state index is -4.37. The van der Waals surface area contributed by atoms with Crippen LogP contribution in [0.25, 0.3) is 0 Å². The summed E-state index contributed by atoms with van der Waals surface area (Å²) < 4.78 is 59.1. The van der Waals surface area contributed by atoms with Crippen molar-refractivity contribution in [1.29, 1.82) is 0 Å². The van der Waals surface area contributed by atoms with Crippen LogP contribution in [-0.2, 0) is 35.6 Å². The number of Topliss-reactive ketones (excluding diaryl/α,β-unsaturated/α-hetero) is 1. The molecule has 0 unspecified atom stereocenters. The number of nitrogens with zero attached hydrogens (tertiary/aromatic N) is 2. The number of likely N-dealkylation sites (N-methyl/N-ethyl adjacent to an activating group) is 1. The van der Waals surface area contributed by atoms with Gasteiger partial charge in [0.15, 0.2) is 15.5 Å². The summed E-state index contributed by atoms with van der Waals surface area (Å²) in [6.45, 7) is 17.8. The fourth-order valence-electron chi connectivity index (χ4n) is 7.12. The Bertz CT molecular complexity index is 2030. The predicted octanol–water partition coefficient (Wildman–Crippen LogP) is 8.46. The molecule has 0 amide bonds. The van der Waals surface area contributed by atoms with Gasteiger partial charge in [-0.05, 0) is 76.8 Å². The van der Waals surface area contributed by atoms with Crippen LogP contribution in [0.4, 0.5) is 11.4 Å². The molecule has 2 aliphatic rings. The molecule has 0 atom stereocenters. The predicted molar refractivity (Wildman–Crippen MR) is 208 cm³/mol. The molecule has 0 aliphatic carbocycles. The number of carbonyl (C=O) groups excluding carboxylic acids is 1. The molecule has 0 fully saturated rings. The number of anilines is 1. The zero-order valence-corrected chi connectivity index (χ0v) is 32.5. The maximum atomic E-state index is 12.3. The van der Waals surface area contributed by atoms with E-state index >= 15 is 0 Å². The van der Waals surface area contributed by atoms with E-state index in [1.165, 1.54) is 28.6 Å². The van der Waals surface area contributed by atoms with Crippen LogP contribution in [0.1, 0.15) is 89.8 Å². The molecular weight excluding hydrogens is 681 g/mol. The molecule has 0 radical (unpaired) electrons. The second kappa shape index (κ2) is 16.2. The second-order valence-electron chi connectivity index (χ2n) is 14.4. The van der Waals surface area contributed by atoms with Crippen molar-refractivity contribution in [2.45, 2.75) is 95.8 Å². The number of aryl methyl sites for hydroxylation is 1. The lowest BCUT2D eigenvalue weighted by Crippen LogP contribution is -2.28. The van der Waals surface area contributed by atoms with Crippen LogP contribution < -0.4 is 4.90 Å². The standard InChI is InChI=1S/C41H52N2O6S2/c1-8-42-36-25-23-31(3)29-34(36)40(4,5)38(42)21-15-11-10-12-16-22-39-41(6,7)35-30-33(51(47,48)49)24-26-37(35)43(39)27-17-13-14-19-32(44)20-18-28-50(45,46)9-2/h9-12,15-16,21-26,29-30H,2,8,13-14,17-20,27-28H2,1,3-7H3/p+1. The molecule has 0 saturated carbocycles. The Labute approximate surface area is 305 Å². The number of hydrogen-bond donors (Lipinski definition) is 1. The van der Waals surface area contributed by atoms with Gasteiger partial charge in [-0.15, -0.1) is 0 Å². The average Bonchev–Trinajstić information content (AvgIpc) is 3.41. The van der Waals surface area contributed by atoms with Gasteiger partial charge in [-0.1, -0.05) is 68.5 Å². The number of unbranched alkanes of at least 4 members (excludes halogenated alkanes) is 2. The van der Waals surface area contributed by atoms with Crippen molar-refractivity contribution in [3.63, 3.8) is 0 Å². The van der Waals surface area contributed by atoms with E-state index in [9.17, 15) is 26.2 Å². The van der Waals surface area contributed by atoms with E-state index in [4.69, 9.17) is 0 Å². The van der Waals surface area contributed by atoms with E-state index < -0.39 is 25.4 Å². The molecule has 0 aromatic heterocycles. The number of rotatable bonds is 17. The fraction of sp³-hybridized carbons (Fsp3) is 0.415. The van der Waals surface area contributed by atoms with E-state index in [0.717, 1.165) is 41.8 Å². The normalized spacial score (nSPS) is 17.7. The van der Waals surface area contributed by atoms with Crippen molar-refractivity contribution in [3.8, 4) is 0 Å². The Morgan fingerprint density at radius 2 is 1.55 bits per heavy atom. The van der Waals surface area contributed by atoms with E-state index in [-0.39, 0.29) is 28.3 Å². The number of ketones is 1. The van der Waals surface area contributed by atoms with E-state index in [1.54, 1.807) is 12.1 Å². The van der Waals surface area contributed by atoms with Crippen molar-refractivity contribution in [2.75, 3.05) is 23.7 Å². The topological polar surface area (TPSA) is 112 Å². The zero-order chi connectivity index (χ0) is 37.6. The molecule has 0 spiro atoms. The largest absolute Gasteiger partial charge is 0.344 e. The van der Waals surface area contributed by atoms with Crippen LogP contribution in [0.15, 0.2) is 102 Å². The molecule has 2 aliphatic heterocycles. The first-order valence-electron chi connectivity index (χ1n) is 17.7. The fourth-order valence-corrected chi connectivity index (χ4v) is 8.34. The molecule has 51 heavy (non-hydrogen) atoms. The van der Waals surface area contributed by atoms with Crippen molar-refractivity contribution >= 4 is 42.8 Å². The highest BCUT2D eigenvalue weighted by atomic mass is 32.2. The summed E-state index contributed by atoms with van der Waals surface area (Å²) in [5, 5.41) is 0.933. The number of hydrogen-bond acceptors (Lipinski definition) is 6. The van der Waals surface area contributed by atoms with Gasteiger partial charge in [-0.25, -0.2) is 8.42 Å². The van der Waals surface area contributed by atoms with E-state index in [2.05, 4.69) is 80.2 Å². The maximum Gasteiger partial charge on any atom is 0.294 e. The van der Waals surface area contributed by atoms with Gasteiger partial charge < -0.3 is 4.90 Å². The first-order valence-corrected chi connectivity index (χ1v) is 20.8. The monoisotopic (exact) mass is 733 g/mol. The summed E-state index contributed by atoms with van der Waals surface area (Å²) >= 11 is 0. The van der Waals surface area contributed by atoms with Crippen LogP contribution >= 0.6 is 0 Å².